The highest BCUT2D eigenvalue weighted by molar-refractivity contribution is 5.91. The molecule has 2 aromatic rings. The van der Waals surface area contributed by atoms with Gasteiger partial charge in [-0.2, -0.15) is 5.10 Å². The molecule has 1 aromatic heterocycles. The van der Waals surface area contributed by atoms with Crippen LogP contribution in [0.1, 0.15) is 27.2 Å². The zero-order valence-corrected chi connectivity index (χ0v) is 11.4. The number of aromatic nitrogens is 2. The lowest BCUT2D eigenvalue weighted by atomic mass is 10.1. The Hall–Kier alpha value is -2.30. The molecular weight excluding hydrogens is 244 g/mol. The molecule has 0 atom stereocenters. The topological polar surface area (TPSA) is 64.3 Å². The normalized spacial score (nSPS) is 10.5. The number of hydrogen-bond acceptors (Lipinski definition) is 3. The molecule has 0 saturated carbocycles. The molecule has 2 rings (SSSR count). The molecule has 0 fully saturated rings. The summed E-state index contributed by atoms with van der Waals surface area (Å²) >= 11 is 0. The number of carboxylic acids is 1. The number of hydrogen-bond donors (Lipinski definition) is 1. The van der Waals surface area contributed by atoms with Gasteiger partial charge in [0.2, 0.25) is 5.88 Å². The average molecular weight is 260 g/mol. The lowest BCUT2D eigenvalue weighted by molar-refractivity contribution is 0.0693. The molecule has 1 heterocycles. The summed E-state index contributed by atoms with van der Waals surface area (Å²) < 4.78 is 7.12. The van der Waals surface area contributed by atoms with Gasteiger partial charge >= 0.3 is 5.97 Å². The van der Waals surface area contributed by atoms with E-state index in [2.05, 4.69) is 5.10 Å². The number of aromatic carboxylic acids is 1. The lowest BCUT2D eigenvalue weighted by Gasteiger charge is -2.08. The van der Waals surface area contributed by atoms with Gasteiger partial charge in [0.25, 0.3) is 0 Å². The van der Waals surface area contributed by atoms with E-state index in [4.69, 9.17) is 4.74 Å². The van der Waals surface area contributed by atoms with Crippen molar-refractivity contribution in [3.05, 3.63) is 40.6 Å². The van der Waals surface area contributed by atoms with Gasteiger partial charge in [-0.25, -0.2) is 9.48 Å². The number of ether oxygens (including phenoxy) is 1. The fraction of sp³-hybridized carbons (Fsp3) is 0.286. The summed E-state index contributed by atoms with van der Waals surface area (Å²) in [5, 5.41) is 13.3. The van der Waals surface area contributed by atoms with Crippen LogP contribution in [0.5, 0.6) is 11.6 Å². The van der Waals surface area contributed by atoms with Crippen LogP contribution in [-0.4, -0.2) is 20.9 Å². The molecule has 19 heavy (non-hydrogen) atoms. The fourth-order valence-corrected chi connectivity index (χ4v) is 1.89. The summed E-state index contributed by atoms with van der Waals surface area (Å²) in [5.74, 6) is -0.189. The highest BCUT2D eigenvalue weighted by Gasteiger charge is 2.21. The third-order valence-corrected chi connectivity index (χ3v) is 3.08. The van der Waals surface area contributed by atoms with Crippen LogP contribution in [0.15, 0.2) is 18.2 Å². The lowest BCUT2D eigenvalue weighted by Crippen LogP contribution is -2.02. The number of carbonyl (C=O) groups is 1. The number of rotatable bonds is 3. The van der Waals surface area contributed by atoms with E-state index in [1.165, 1.54) is 4.68 Å². The zero-order chi connectivity index (χ0) is 14.2. The highest BCUT2D eigenvalue weighted by Crippen LogP contribution is 2.28. The molecule has 0 aliphatic carbocycles. The molecule has 1 aromatic carbocycles. The molecule has 0 aliphatic rings. The molecule has 0 saturated heterocycles. The summed E-state index contributed by atoms with van der Waals surface area (Å²) in [6, 6.07) is 5.63. The van der Waals surface area contributed by atoms with E-state index in [0.29, 0.717) is 11.4 Å². The van der Waals surface area contributed by atoms with Gasteiger partial charge in [0, 0.05) is 7.05 Å². The molecule has 1 N–H and O–H groups in total. The Kier molecular flexibility index (Phi) is 3.29. The van der Waals surface area contributed by atoms with E-state index in [-0.39, 0.29) is 11.4 Å². The van der Waals surface area contributed by atoms with Crippen LogP contribution in [0.4, 0.5) is 0 Å². The van der Waals surface area contributed by atoms with Crippen molar-refractivity contribution in [2.24, 2.45) is 7.05 Å². The van der Waals surface area contributed by atoms with Crippen molar-refractivity contribution in [1.29, 1.82) is 0 Å². The first-order chi connectivity index (χ1) is 8.90. The summed E-state index contributed by atoms with van der Waals surface area (Å²) in [6.45, 7) is 5.64. The molecule has 5 nitrogen and oxygen atoms in total. The smallest absolute Gasteiger partial charge is 0.343 e. The minimum Gasteiger partial charge on any atom is -0.477 e. The van der Waals surface area contributed by atoms with Crippen LogP contribution < -0.4 is 4.74 Å². The zero-order valence-electron chi connectivity index (χ0n) is 11.4. The standard InChI is InChI=1S/C14H16N2O3/c1-8-5-6-11(7-9(8)2)19-13-12(14(17)18)10(3)15-16(13)4/h5-7H,1-4H3,(H,17,18). The van der Waals surface area contributed by atoms with Gasteiger partial charge in [-0.05, 0) is 44.0 Å². The minimum absolute atomic E-state index is 0.0979. The Balaban J connectivity index is 2.43. The highest BCUT2D eigenvalue weighted by atomic mass is 16.5. The summed E-state index contributed by atoms with van der Waals surface area (Å²) in [6.07, 6.45) is 0. The van der Waals surface area contributed by atoms with Crippen LogP contribution in [0.25, 0.3) is 0 Å². The van der Waals surface area contributed by atoms with E-state index >= 15 is 0 Å². The summed E-state index contributed by atoms with van der Waals surface area (Å²) in [5.41, 5.74) is 2.79. The van der Waals surface area contributed by atoms with Gasteiger partial charge in [0.15, 0.2) is 0 Å². The van der Waals surface area contributed by atoms with Gasteiger partial charge in [-0.3, -0.25) is 0 Å². The summed E-state index contributed by atoms with van der Waals surface area (Å²) in [7, 11) is 1.66. The van der Waals surface area contributed by atoms with Gasteiger partial charge in [0.1, 0.15) is 11.3 Å². The number of aryl methyl sites for hydroxylation is 4. The molecule has 0 radical (unpaired) electrons. The third kappa shape index (κ3) is 2.45. The van der Waals surface area contributed by atoms with E-state index in [1.54, 1.807) is 14.0 Å². The summed E-state index contributed by atoms with van der Waals surface area (Å²) in [4.78, 5) is 11.2. The average Bonchev–Trinajstić information content (AvgIpc) is 2.59. The first kappa shape index (κ1) is 13.1. The second-order valence-corrected chi connectivity index (χ2v) is 4.54. The molecule has 100 valence electrons. The van der Waals surface area contributed by atoms with Crippen LogP contribution in [0.2, 0.25) is 0 Å². The molecule has 0 aliphatic heterocycles. The van der Waals surface area contributed by atoms with Gasteiger partial charge in [-0.15, -0.1) is 0 Å². The second kappa shape index (κ2) is 4.76. The predicted molar refractivity (Wildman–Crippen MR) is 70.9 cm³/mol. The van der Waals surface area contributed by atoms with Gasteiger partial charge in [-0.1, -0.05) is 6.07 Å². The molecule has 5 heteroatoms. The Morgan fingerprint density at radius 3 is 2.53 bits per heavy atom. The van der Waals surface area contributed by atoms with Gasteiger partial charge in [0.05, 0.1) is 5.69 Å². The SMILES string of the molecule is Cc1ccc(Oc2c(C(=O)O)c(C)nn2C)cc1C. The molecule has 0 spiro atoms. The number of benzene rings is 1. The minimum atomic E-state index is -1.04. The Morgan fingerprint density at radius 1 is 1.26 bits per heavy atom. The van der Waals surface area contributed by atoms with Crippen molar-refractivity contribution in [3.8, 4) is 11.6 Å². The molecular formula is C14H16N2O3. The van der Waals surface area contributed by atoms with Gasteiger partial charge < -0.3 is 9.84 Å². The largest absolute Gasteiger partial charge is 0.477 e. The van der Waals surface area contributed by atoms with E-state index in [1.807, 2.05) is 32.0 Å². The Morgan fingerprint density at radius 2 is 1.95 bits per heavy atom. The Bertz CT molecular complexity index is 644. The van der Waals surface area contributed by atoms with Crippen molar-refractivity contribution < 1.29 is 14.6 Å². The van der Waals surface area contributed by atoms with Crippen LogP contribution in [0.3, 0.4) is 0 Å². The number of nitrogens with zero attached hydrogens (tertiary/aromatic N) is 2. The first-order valence-electron chi connectivity index (χ1n) is 5.92. The fourth-order valence-electron chi connectivity index (χ4n) is 1.89. The van der Waals surface area contributed by atoms with E-state index in [0.717, 1.165) is 11.1 Å². The Labute approximate surface area is 111 Å². The molecule has 0 amide bonds. The maximum atomic E-state index is 11.2. The number of carboxylic acid groups (broad SMARTS) is 1. The molecule has 0 bridgehead atoms. The maximum absolute atomic E-state index is 11.2. The van der Waals surface area contributed by atoms with Crippen LogP contribution in [-0.2, 0) is 7.05 Å². The van der Waals surface area contributed by atoms with Crippen molar-refractivity contribution in [2.75, 3.05) is 0 Å². The maximum Gasteiger partial charge on any atom is 0.343 e. The van der Waals surface area contributed by atoms with Crippen LogP contribution in [0, 0.1) is 20.8 Å². The predicted octanol–water partition coefficient (Wildman–Crippen LogP) is 2.84. The van der Waals surface area contributed by atoms with Crippen LogP contribution >= 0.6 is 0 Å². The van der Waals surface area contributed by atoms with Crippen molar-refractivity contribution in [2.45, 2.75) is 20.8 Å². The second-order valence-electron chi connectivity index (χ2n) is 4.54. The van der Waals surface area contributed by atoms with Crippen molar-refractivity contribution in [3.63, 3.8) is 0 Å². The van der Waals surface area contributed by atoms with Crippen molar-refractivity contribution >= 4 is 5.97 Å². The van der Waals surface area contributed by atoms with E-state index < -0.39 is 5.97 Å². The quantitative estimate of drug-likeness (QED) is 0.921. The molecule has 0 unspecified atom stereocenters. The van der Waals surface area contributed by atoms with Crippen molar-refractivity contribution in [1.82, 2.24) is 9.78 Å². The first-order valence-corrected chi connectivity index (χ1v) is 5.92. The van der Waals surface area contributed by atoms with E-state index in [9.17, 15) is 9.90 Å². The monoisotopic (exact) mass is 260 g/mol. The third-order valence-electron chi connectivity index (χ3n) is 3.08.